The average Bonchev–Trinajstić information content (AvgIpc) is 2.77. The van der Waals surface area contributed by atoms with Crippen LogP contribution in [0.25, 0.3) is 11.1 Å². The minimum atomic E-state index is -0.463. The fourth-order valence-corrected chi connectivity index (χ4v) is 5.02. The third-order valence-corrected chi connectivity index (χ3v) is 7.06. The van der Waals surface area contributed by atoms with E-state index < -0.39 is 6.10 Å². The van der Waals surface area contributed by atoms with Gasteiger partial charge in [-0.25, -0.2) is 0 Å². The molecule has 0 spiro atoms. The molecule has 1 aliphatic rings. The number of aromatic hydroxyl groups is 2. The molecule has 1 fully saturated rings. The molecule has 0 unspecified atom stereocenters. The number of benzene rings is 1. The Morgan fingerprint density at radius 1 is 1.21 bits per heavy atom. The molecule has 180 valence electrons. The van der Waals surface area contributed by atoms with Crippen molar-refractivity contribution in [2.24, 2.45) is 24.8 Å². The lowest BCUT2D eigenvalue weighted by molar-refractivity contribution is -0.0631. The highest BCUT2D eigenvalue weighted by atomic mass is 16.5. The van der Waals surface area contributed by atoms with Crippen molar-refractivity contribution in [3.05, 3.63) is 58.0 Å². The van der Waals surface area contributed by atoms with Crippen LogP contribution in [0.15, 0.2) is 46.9 Å². The molecule has 0 bridgehead atoms. The number of phenolic OH excluding ortho intramolecular Hbond substituents is 1. The maximum Gasteiger partial charge on any atom is 0.259 e. The summed E-state index contributed by atoms with van der Waals surface area (Å²) in [5.41, 5.74) is 2.58. The van der Waals surface area contributed by atoms with Crippen molar-refractivity contribution < 1.29 is 14.9 Å². The van der Waals surface area contributed by atoms with Gasteiger partial charge in [-0.15, -0.1) is 0 Å². The van der Waals surface area contributed by atoms with Gasteiger partial charge < -0.3 is 19.5 Å². The van der Waals surface area contributed by atoms with Gasteiger partial charge >= 0.3 is 0 Å². The van der Waals surface area contributed by atoms with Crippen LogP contribution in [0.2, 0.25) is 0 Å². The Morgan fingerprint density at radius 3 is 2.52 bits per heavy atom. The first-order chi connectivity index (χ1) is 15.6. The second-order valence-corrected chi connectivity index (χ2v) is 10.0. The molecule has 2 heterocycles. The van der Waals surface area contributed by atoms with Gasteiger partial charge in [-0.1, -0.05) is 52.3 Å². The van der Waals surface area contributed by atoms with E-state index in [9.17, 15) is 15.0 Å². The smallest absolute Gasteiger partial charge is 0.259 e. The Bertz CT molecular complexity index is 1040. The molecule has 1 aliphatic heterocycles. The summed E-state index contributed by atoms with van der Waals surface area (Å²) in [6, 6.07) is 6.61. The van der Waals surface area contributed by atoms with E-state index >= 15 is 0 Å². The van der Waals surface area contributed by atoms with Gasteiger partial charge in [-0.2, -0.15) is 0 Å². The van der Waals surface area contributed by atoms with Crippen molar-refractivity contribution in [3.8, 4) is 22.6 Å². The first-order valence-corrected chi connectivity index (χ1v) is 12.2. The summed E-state index contributed by atoms with van der Waals surface area (Å²) in [5.74, 6) is 1.62. The fourth-order valence-electron chi connectivity index (χ4n) is 5.02. The topological polar surface area (TPSA) is 71.7 Å². The lowest BCUT2D eigenvalue weighted by Gasteiger charge is -2.36. The van der Waals surface area contributed by atoms with Crippen LogP contribution in [-0.4, -0.2) is 20.9 Å². The van der Waals surface area contributed by atoms with Gasteiger partial charge in [0.1, 0.15) is 11.5 Å². The lowest BCUT2D eigenvalue weighted by atomic mass is 9.85. The molecule has 5 heteroatoms. The Labute approximate surface area is 197 Å². The molecule has 0 aliphatic carbocycles. The van der Waals surface area contributed by atoms with Crippen LogP contribution in [-0.2, 0) is 11.8 Å². The summed E-state index contributed by atoms with van der Waals surface area (Å²) in [6.45, 7) is 11.1. The number of pyridine rings is 1. The number of hydrogen-bond acceptors (Lipinski definition) is 4. The maximum atomic E-state index is 13.1. The molecule has 1 aromatic carbocycles. The third-order valence-electron chi connectivity index (χ3n) is 7.06. The van der Waals surface area contributed by atoms with Gasteiger partial charge in [-0.3, -0.25) is 4.79 Å². The zero-order valence-electron chi connectivity index (χ0n) is 20.8. The van der Waals surface area contributed by atoms with Crippen molar-refractivity contribution in [1.82, 2.24) is 4.57 Å². The first kappa shape index (κ1) is 25.1. The van der Waals surface area contributed by atoms with E-state index in [1.807, 2.05) is 0 Å². The molecule has 2 N–H and O–H groups in total. The van der Waals surface area contributed by atoms with E-state index in [2.05, 4.69) is 40.7 Å². The summed E-state index contributed by atoms with van der Waals surface area (Å²) in [6.07, 6.45) is 7.35. The van der Waals surface area contributed by atoms with E-state index in [1.54, 1.807) is 37.5 Å². The Kier molecular flexibility index (Phi) is 8.06. The SMILES string of the molecule is CC[C@H](C)C[C@H](C)/C=C(\C)[C@@H]1O[C@H](c2c(O)c(-c3ccc(O)cc3)cn(C)c2=O)CC[C@H]1C. The Balaban J connectivity index is 1.93. The van der Waals surface area contributed by atoms with Crippen molar-refractivity contribution in [2.45, 2.75) is 72.5 Å². The monoisotopic (exact) mass is 453 g/mol. The van der Waals surface area contributed by atoms with Gasteiger partial charge in [0.2, 0.25) is 0 Å². The van der Waals surface area contributed by atoms with Crippen LogP contribution in [0.5, 0.6) is 11.5 Å². The predicted molar refractivity (Wildman–Crippen MR) is 133 cm³/mol. The third kappa shape index (κ3) is 5.70. The highest BCUT2D eigenvalue weighted by molar-refractivity contribution is 5.71. The van der Waals surface area contributed by atoms with E-state index in [0.717, 1.165) is 18.4 Å². The van der Waals surface area contributed by atoms with Gasteiger partial charge in [0.15, 0.2) is 0 Å². The van der Waals surface area contributed by atoms with Crippen LogP contribution < -0.4 is 5.56 Å². The van der Waals surface area contributed by atoms with Crippen LogP contribution >= 0.6 is 0 Å². The van der Waals surface area contributed by atoms with Crippen molar-refractivity contribution in [1.29, 1.82) is 0 Å². The van der Waals surface area contributed by atoms with Crippen LogP contribution in [0.4, 0.5) is 0 Å². The highest BCUT2D eigenvalue weighted by Gasteiger charge is 2.34. The van der Waals surface area contributed by atoms with E-state index in [4.69, 9.17) is 4.74 Å². The predicted octanol–water partition coefficient (Wildman–Crippen LogP) is 6.34. The molecule has 0 amide bonds. The Hall–Kier alpha value is -2.53. The molecular formula is C28H39NO4. The second-order valence-electron chi connectivity index (χ2n) is 10.0. The van der Waals surface area contributed by atoms with Crippen LogP contribution in [0.1, 0.15) is 72.0 Å². The zero-order chi connectivity index (χ0) is 24.3. The number of ether oxygens (including phenoxy) is 1. The molecular weight excluding hydrogens is 414 g/mol. The standard InChI is InChI=1S/C28H39NO4/c1-7-17(2)14-18(3)15-20(5)27-19(4)8-13-24(33-27)25-26(31)23(16-29(6)28(25)32)21-9-11-22(30)12-10-21/h9-12,15-19,24,27,30-31H,7-8,13-14H2,1-6H3/b20-15+/t17-,18-,19+,24-,27+/m0/s1. The summed E-state index contributed by atoms with van der Waals surface area (Å²) >= 11 is 0. The minimum Gasteiger partial charge on any atom is -0.508 e. The summed E-state index contributed by atoms with van der Waals surface area (Å²) in [5, 5.41) is 20.8. The largest absolute Gasteiger partial charge is 0.508 e. The van der Waals surface area contributed by atoms with Crippen molar-refractivity contribution in [2.75, 3.05) is 0 Å². The summed E-state index contributed by atoms with van der Waals surface area (Å²) in [4.78, 5) is 13.1. The number of aromatic nitrogens is 1. The summed E-state index contributed by atoms with van der Waals surface area (Å²) < 4.78 is 8.03. The molecule has 2 aromatic rings. The Morgan fingerprint density at radius 2 is 1.88 bits per heavy atom. The number of nitrogens with zero attached hydrogens (tertiary/aromatic N) is 1. The van der Waals surface area contributed by atoms with E-state index in [1.165, 1.54) is 16.6 Å². The summed E-state index contributed by atoms with van der Waals surface area (Å²) in [7, 11) is 1.69. The first-order valence-electron chi connectivity index (χ1n) is 12.2. The molecule has 5 atom stereocenters. The van der Waals surface area contributed by atoms with Crippen LogP contribution in [0.3, 0.4) is 0 Å². The van der Waals surface area contributed by atoms with Crippen molar-refractivity contribution >= 4 is 0 Å². The van der Waals surface area contributed by atoms with Crippen LogP contribution in [0, 0.1) is 17.8 Å². The van der Waals surface area contributed by atoms with Gasteiger partial charge in [0, 0.05) is 18.8 Å². The number of allylic oxidation sites excluding steroid dienone is 1. The quantitative estimate of drug-likeness (QED) is 0.480. The highest BCUT2D eigenvalue weighted by Crippen LogP contribution is 2.42. The maximum absolute atomic E-state index is 13.1. The number of hydrogen-bond donors (Lipinski definition) is 2. The van der Waals surface area contributed by atoms with Gasteiger partial charge in [-0.05, 0) is 67.2 Å². The molecule has 0 saturated carbocycles. The van der Waals surface area contributed by atoms with Gasteiger partial charge in [0.25, 0.3) is 5.56 Å². The molecule has 3 rings (SSSR count). The molecule has 1 saturated heterocycles. The van der Waals surface area contributed by atoms with E-state index in [0.29, 0.717) is 35.3 Å². The molecule has 33 heavy (non-hydrogen) atoms. The average molecular weight is 454 g/mol. The minimum absolute atomic E-state index is 0.0335. The lowest BCUT2D eigenvalue weighted by Crippen LogP contribution is -2.34. The molecule has 1 aromatic heterocycles. The molecule has 0 radical (unpaired) electrons. The van der Waals surface area contributed by atoms with E-state index in [-0.39, 0.29) is 23.2 Å². The normalized spacial score (nSPS) is 23.3. The fraction of sp³-hybridized carbons (Fsp3) is 0.536. The van der Waals surface area contributed by atoms with Gasteiger partial charge in [0.05, 0.1) is 17.8 Å². The number of phenols is 1. The van der Waals surface area contributed by atoms with Crippen molar-refractivity contribution in [3.63, 3.8) is 0 Å². The molecule has 5 nitrogen and oxygen atoms in total. The second kappa shape index (κ2) is 10.6. The zero-order valence-corrected chi connectivity index (χ0v) is 20.8. The number of aryl methyl sites for hydroxylation is 1. The number of rotatable bonds is 7.